The zero-order valence-corrected chi connectivity index (χ0v) is 17.6. The van der Waals surface area contributed by atoms with Gasteiger partial charge in [-0.1, -0.05) is 19.1 Å². The van der Waals surface area contributed by atoms with E-state index in [0.717, 1.165) is 37.0 Å². The second kappa shape index (κ2) is 12.1. The predicted octanol–water partition coefficient (Wildman–Crippen LogP) is 2.96. The first-order valence-corrected chi connectivity index (χ1v) is 8.87. The molecule has 0 saturated carbocycles. The van der Waals surface area contributed by atoms with Gasteiger partial charge in [-0.3, -0.25) is 4.99 Å². The number of guanidine groups is 1. The summed E-state index contributed by atoms with van der Waals surface area (Å²) in [4.78, 5) is 6.82. The molecule has 0 atom stereocenters. The van der Waals surface area contributed by atoms with Gasteiger partial charge in [-0.2, -0.15) is 5.26 Å². The van der Waals surface area contributed by atoms with Crippen LogP contribution in [0.15, 0.2) is 29.3 Å². The van der Waals surface area contributed by atoms with Crippen LogP contribution in [0.3, 0.4) is 0 Å². The van der Waals surface area contributed by atoms with Gasteiger partial charge in [-0.25, -0.2) is 0 Å². The summed E-state index contributed by atoms with van der Waals surface area (Å²) in [7, 11) is 1.78. The fourth-order valence-electron chi connectivity index (χ4n) is 2.95. The van der Waals surface area contributed by atoms with Crippen molar-refractivity contribution < 1.29 is 0 Å². The number of piperidine rings is 1. The lowest BCUT2D eigenvalue weighted by Crippen LogP contribution is -2.39. The molecule has 0 spiro atoms. The molecule has 1 heterocycles. The number of nitrogens with zero attached hydrogens (tertiary/aromatic N) is 3. The lowest BCUT2D eigenvalue weighted by molar-refractivity contribution is 0.191. The molecule has 1 aliphatic heterocycles. The monoisotopic (exact) mass is 455 g/mol. The fourth-order valence-corrected chi connectivity index (χ4v) is 2.95. The third-order valence-electron chi connectivity index (χ3n) is 4.56. The topological polar surface area (TPSA) is 63.5 Å². The zero-order chi connectivity index (χ0) is 17.2. The Labute approximate surface area is 168 Å². The summed E-state index contributed by atoms with van der Waals surface area (Å²) in [6.45, 7) is 7.57. The van der Waals surface area contributed by atoms with Crippen molar-refractivity contribution in [3.05, 3.63) is 35.4 Å². The largest absolute Gasteiger partial charge is 0.356 e. The van der Waals surface area contributed by atoms with Crippen LogP contribution in [0.25, 0.3) is 0 Å². The van der Waals surface area contributed by atoms with Crippen molar-refractivity contribution in [2.45, 2.75) is 32.7 Å². The Bertz CT molecular complexity index is 573. The number of nitrogens with one attached hydrogen (secondary N) is 2. The van der Waals surface area contributed by atoms with Crippen LogP contribution < -0.4 is 10.6 Å². The minimum atomic E-state index is 0. The standard InChI is InChI=1S/C19H29N5.HI/c1-16-7-11-24(12-8-16)10-4-9-22-19(21-2)23-15-18-6-3-5-17(13-18)14-20;/h3,5-6,13,16H,4,7-12,15H2,1-2H3,(H2,21,22,23);1H. The summed E-state index contributed by atoms with van der Waals surface area (Å²) in [5, 5.41) is 15.6. The third kappa shape index (κ3) is 8.06. The molecule has 0 unspecified atom stereocenters. The van der Waals surface area contributed by atoms with E-state index in [0.29, 0.717) is 12.1 Å². The molecule has 0 aliphatic carbocycles. The van der Waals surface area contributed by atoms with Crippen molar-refractivity contribution in [2.24, 2.45) is 10.9 Å². The van der Waals surface area contributed by atoms with Crippen molar-refractivity contribution >= 4 is 29.9 Å². The molecule has 5 nitrogen and oxygen atoms in total. The van der Waals surface area contributed by atoms with Gasteiger partial charge in [-0.05, 0) is 62.5 Å². The Balaban J connectivity index is 0.00000312. The number of rotatable bonds is 6. The lowest BCUT2D eigenvalue weighted by atomic mass is 9.99. The highest BCUT2D eigenvalue weighted by Gasteiger charge is 2.14. The van der Waals surface area contributed by atoms with E-state index in [9.17, 15) is 0 Å². The summed E-state index contributed by atoms with van der Waals surface area (Å²) in [5.41, 5.74) is 1.77. The van der Waals surface area contributed by atoms with E-state index in [1.54, 1.807) is 7.05 Å². The molecule has 25 heavy (non-hydrogen) atoms. The third-order valence-corrected chi connectivity index (χ3v) is 4.56. The maximum Gasteiger partial charge on any atom is 0.191 e. The van der Waals surface area contributed by atoms with E-state index >= 15 is 0 Å². The van der Waals surface area contributed by atoms with Gasteiger partial charge in [0.25, 0.3) is 0 Å². The molecule has 6 heteroatoms. The van der Waals surface area contributed by atoms with Gasteiger partial charge in [-0.15, -0.1) is 24.0 Å². The van der Waals surface area contributed by atoms with Gasteiger partial charge in [0.1, 0.15) is 0 Å². The maximum atomic E-state index is 8.94. The second-order valence-corrected chi connectivity index (χ2v) is 6.54. The van der Waals surface area contributed by atoms with E-state index in [1.807, 2.05) is 24.3 Å². The number of hydrogen-bond acceptors (Lipinski definition) is 3. The van der Waals surface area contributed by atoms with E-state index < -0.39 is 0 Å². The lowest BCUT2D eigenvalue weighted by Gasteiger charge is -2.30. The van der Waals surface area contributed by atoms with Crippen molar-refractivity contribution in [1.82, 2.24) is 15.5 Å². The molecule has 1 aromatic carbocycles. The minimum absolute atomic E-state index is 0. The quantitative estimate of drug-likeness (QED) is 0.300. The first-order valence-electron chi connectivity index (χ1n) is 8.87. The molecule has 0 amide bonds. The Hall–Kier alpha value is -1.33. The van der Waals surface area contributed by atoms with Crippen LogP contribution in [0.1, 0.15) is 37.3 Å². The maximum absolute atomic E-state index is 8.94. The highest BCUT2D eigenvalue weighted by atomic mass is 127. The van der Waals surface area contributed by atoms with E-state index in [1.165, 1.54) is 25.9 Å². The van der Waals surface area contributed by atoms with E-state index in [-0.39, 0.29) is 24.0 Å². The van der Waals surface area contributed by atoms with Crippen LogP contribution in [0.4, 0.5) is 0 Å². The summed E-state index contributed by atoms with van der Waals surface area (Å²) in [6, 6.07) is 9.80. The molecule has 2 N–H and O–H groups in total. The first-order chi connectivity index (χ1) is 11.7. The van der Waals surface area contributed by atoms with Crippen LogP contribution >= 0.6 is 24.0 Å². The molecular weight excluding hydrogens is 425 g/mol. The number of benzene rings is 1. The summed E-state index contributed by atoms with van der Waals surface area (Å²) in [6.07, 6.45) is 3.79. The van der Waals surface area contributed by atoms with Crippen LogP contribution in [0.5, 0.6) is 0 Å². The highest BCUT2D eigenvalue weighted by Crippen LogP contribution is 2.15. The molecule has 138 valence electrons. The van der Waals surface area contributed by atoms with Crippen molar-refractivity contribution in [3.8, 4) is 6.07 Å². The number of hydrogen-bond donors (Lipinski definition) is 2. The smallest absolute Gasteiger partial charge is 0.191 e. The molecule has 1 saturated heterocycles. The molecule has 1 aromatic rings. The number of likely N-dealkylation sites (tertiary alicyclic amines) is 1. The zero-order valence-electron chi connectivity index (χ0n) is 15.3. The summed E-state index contributed by atoms with van der Waals surface area (Å²) < 4.78 is 0. The van der Waals surface area contributed by atoms with Crippen molar-refractivity contribution in [3.63, 3.8) is 0 Å². The van der Waals surface area contributed by atoms with Gasteiger partial charge in [0, 0.05) is 20.1 Å². The average Bonchev–Trinajstić information content (AvgIpc) is 2.63. The Morgan fingerprint density at radius 3 is 2.76 bits per heavy atom. The molecule has 0 aromatic heterocycles. The molecular formula is C19H30IN5. The van der Waals surface area contributed by atoms with Crippen LogP contribution in [-0.4, -0.2) is 44.1 Å². The normalized spacial score (nSPS) is 16.0. The Morgan fingerprint density at radius 2 is 2.08 bits per heavy atom. The van der Waals surface area contributed by atoms with E-state index in [2.05, 4.69) is 33.5 Å². The molecule has 1 aliphatic rings. The predicted molar refractivity (Wildman–Crippen MR) is 114 cm³/mol. The molecule has 1 fully saturated rings. The SMILES string of the molecule is CN=C(NCCCN1CCC(C)CC1)NCc1cccc(C#N)c1.I. The van der Waals surface area contributed by atoms with Crippen LogP contribution in [0.2, 0.25) is 0 Å². The number of nitriles is 1. The number of aliphatic imine (C=N–C) groups is 1. The van der Waals surface area contributed by atoms with Gasteiger partial charge >= 0.3 is 0 Å². The Morgan fingerprint density at radius 1 is 1.32 bits per heavy atom. The van der Waals surface area contributed by atoms with Gasteiger partial charge in [0.15, 0.2) is 5.96 Å². The van der Waals surface area contributed by atoms with Gasteiger partial charge < -0.3 is 15.5 Å². The second-order valence-electron chi connectivity index (χ2n) is 6.54. The van der Waals surface area contributed by atoms with Crippen LogP contribution in [-0.2, 0) is 6.54 Å². The van der Waals surface area contributed by atoms with Crippen LogP contribution in [0, 0.1) is 17.2 Å². The first kappa shape index (κ1) is 21.7. The fraction of sp³-hybridized carbons (Fsp3) is 0.579. The molecule has 2 rings (SSSR count). The van der Waals surface area contributed by atoms with Crippen molar-refractivity contribution in [2.75, 3.05) is 33.2 Å². The van der Waals surface area contributed by atoms with Gasteiger partial charge in [0.2, 0.25) is 0 Å². The van der Waals surface area contributed by atoms with E-state index in [4.69, 9.17) is 5.26 Å². The molecule has 0 bridgehead atoms. The molecule has 0 radical (unpaired) electrons. The average molecular weight is 455 g/mol. The number of halogens is 1. The van der Waals surface area contributed by atoms with Gasteiger partial charge in [0.05, 0.1) is 11.6 Å². The highest BCUT2D eigenvalue weighted by molar-refractivity contribution is 14.0. The summed E-state index contributed by atoms with van der Waals surface area (Å²) >= 11 is 0. The minimum Gasteiger partial charge on any atom is -0.356 e. The Kier molecular flexibility index (Phi) is 10.5. The summed E-state index contributed by atoms with van der Waals surface area (Å²) in [5.74, 6) is 1.70. The van der Waals surface area contributed by atoms with Crippen molar-refractivity contribution in [1.29, 1.82) is 5.26 Å².